The van der Waals surface area contributed by atoms with Crippen molar-refractivity contribution in [2.24, 2.45) is 5.92 Å². The molecule has 138 valence electrons. The highest BCUT2D eigenvalue weighted by atomic mass is 32.1. The van der Waals surface area contributed by atoms with Crippen LogP contribution in [-0.2, 0) is 4.79 Å². The highest BCUT2D eigenvalue weighted by Crippen LogP contribution is 2.24. The maximum absolute atomic E-state index is 12.6. The Labute approximate surface area is 153 Å². The third kappa shape index (κ3) is 4.58. The summed E-state index contributed by atoms with van der Waals surface area (Å²) >= 11 is 1.44. The lowest BCUT2D eigenvalue weighted by atomic mass is 10.1. The molecule has 2 aliphatic rings. The van der Waals surface area contributed by atoms with Gasteiger partial charge in [-0.25, -0.2) is 4.98 Å². The molecule has 2 amide bonds. The van der Waals surface area contributed by atoms with E-state index in [4.69, 9.17) is 0 Å². The first-order valence-corrected chi connectivity index (χ1v) is 10.1. The van der Waals surface area contributed by atoms with E-state index in [2.05, 4.69) is 15.2 Å². The monoisotopic (exact) mass is 364 g/mol. The lowest BCUT2D eigenvalue weighted by Crippen LogP contribution is -2.40. The van der Waals surface area contributed by atoms with Crippen LogP contribution in [0.15, 0.2) is 0 Å². The van der Waals surface area contributed by atoms with Gasteiger partial charge in [-0.1, -0.05) is 6.42 Å². The zero-order valence-corrected chi connectivity index (χ0v) is 16.0. The smallest absolute Gasteiger partial charge is 0.265 e. The first kappa shape index (κ1) is 18.3. The van der Waals surface area contributed by atoms with E-state index in [1.807, 2.05) is 13.8 Å². The van der Waals surface area contributed by atoms with E-state index in [0.717, 1.165) is 36.8 Å². The Hall–Kier alpha value is -1.47. The first-order valence-electron chi connectivity index (χ1n) is 9.28. The normalized spacial score (nSPS) is 21.5. The summed E-state index contributed by atoms with van der Waals surface area (Å²) in [5.41, 5.74) is 0.793. The number of piperidine rings is 1. The van der Waals surface area contributed by atoms with E-state index in [1.54, 1.807) is 4.90 Å². The van der Waals surface area contributed by atoms with Crippen LogP contribution in [0, 0.1) is 19.8 Å². The summed E-state index contributed by atoms with van der Waals surface area (Å²) in [5, 5.41) is 3.97. The fourth-order valence-corrected chi connectivity index (χ4v) is 4.58. The van der Waals surface area contributed by atoms with Crippen LogP contribution in [0.3, 0.4) is 0 Å². The van der Waals surface area contributed by atoms with Gasteiger partial charge in [-0.15, -0.1) is 11.3 Å². The number of hydrogen-bond acceptors (Lipinski definition) is 5. The van der Waals surface area contributed by atoms with Crippen molar-refractivity contribution in [2.45, 2.75) is 39.5 Å². The Balaban J connectivity index is 1.44. The Kier molecular flexibility index (Phi) is 6.06. The highest BCUT2D eigenvalue weighted by Gasteiger charge is 2.32. The molecule has 0 saturated carbocycles. The lowest BCUT2D eigenvalue weighted by Gasteiger charge is -2.26. The van der Waals surface area contributed by atoms with Gasteiger partial charge in [-0.2, -0.15) is 0 Å². The van der Waals surface area contributed by atoms with Crippen LogP contribution in [0.4, 0.5) is 0 Å². The molecule has 2 fully saturated rings. The number of hydrogen-bond donors (Lipinski definition) is 1. The number of nitrogens with zero attached hydrogens (tertiary/aromatic N) is 3. The van der Waals surface area contributed by atoms with Crippen molar-refractivity contribution < 1.29 is 9.59 Å². The van der Waals surface area contributed by atoms with Crippen LogP contribution in [0.2, 0.25) is 0 Å². The molecule has 2 saturated heterocycles. The van der Waals surface area contributed by atoms with Gasteiger partial charge in [-0.05, 0) is 46.2 Å². The largest absolute Gasteiger partial charge is 0.355 e. The van der Waals surface area contributed by atoms with E-state index in [1.165, 1.54) is 30.6 Å². The van der Waals surface area contributed by atoms with Gasteiger partial charge in [0.2, 0.25) is 5.91 Å². The predicted molar refractivity (Wildman–Crippen MR) is 98.9 cm³/mol. The zero-order chi connectivity index (χ0) is 17.8. The van der Waals surface area contributed by atoms with Crippen LogP contribution in [0.1, 0.15) is 46.1 Å². The molecule has 6 nitrogen and oxygen atoms in total. The van der Waals surface area contributed by atoms with E-state index in [9.17, 15) is 9.59 Å². The third-order valence-electron chi connectivity index (χ3n) is 5.12. The summed E-state index contributed by atoms with van der Waals surface area (Å²) in [7, 11) is 0. The van der Waals surface area contributed by atoms with Gasteiger partial charge in [-0.3, -0.25) is 9.59 Å². The number of carbonyl (C=O) groups excluding carboxylic acids is 2. The van der Waals surface area contributed by atoms with Gasteiger partial charge in [0, 0.05) is 26.2 Å². The van der Waals surface area contributed by atoms with Gasteiger partial charge in [0.1, 0.15) is 4.88 Å². The summed E-state index contributed by atoms with van der Waals surface area (Å²) < 4.78 is 0. The number of carbonyl (C=O) groups is 2. The SMILES string of the molecule is Cc1nc(C)c(C(=O)N2CC[C@H](C(=O)NCCN3CCCCC3)C2)s1. The van der Waals surface area contributed by atoms with Crippen molar-refractivity contribution in [1.82, 2.24) is 20.1 Å². The van der Waals surface area contributed by atoms with Crippen LogP contribution < -0.4 is 5.32 Å². The van der Waals surface area contributed by atoms with Crippen LogP contribution >= 0.6 is 11.3 Å². The van der Waals surface area contributed by atoms with Crippen molar-refractivity contribution in [2.75, 3.05) is 39.3 Å². The minimum absolute atomic E-state index is 0.0201. The number of likely N-dealkylation sites (tertiary alicyclic amines) is 2. The number of thiazole rings is 1. The topological polar surface area (TPSA) is 65.5 Å². The number of rotatable bonds is 5. The fraction of sp³-hybridized carbons (Fsp3) is 0.722. The molecule has 0 aromatic carbocycles. The molecule has 0 bridgehead atoms. The minimum atomic E-state index is -0.0837. The number of nitrogens with one attached hydrogen (secondary N) is 1. The summed E-state index contributed by atoms with van der Waals surface area (Å²) in [6.45, 7) is 8.89. The Morgan fingerprint density at radius 2 is 1.96 bits per heavy atom. The van der Waals surface area contributed by atoms with E-state index >= 15 is 0 Å². The molecule has 0 spiro atoms. The second kappa shape index (κ2) is 8.27. The van der Waals surface area contributed by atoms with Gasteiger partial charge in [0.05, 0.1) is 16.6 Å². The second-order valence-corrected chi connectivity index (χ2v) is 8.28. The predicted octanol–water partition coefficient (Wildman–Crippen LogP) is 1.82. The average molecular weight is 365 g/mol. The van der Waals surface area contributed by atoms with Crippen molar-refractivity contribution in [3.63, 3.8) is 0 Å². The summed E-state index contributed by atoms with van der Waals surface area (Å²) in [4.78, 5) is 34.3. The quantitative estimate of drug-likeness (QED) is 0.866. The number of amides is 2. The van der Waals surface area contributed by atoms with E-state index in [-0.39, 0.29) is 17.7 Å². The molecule has 3 heterocycles. The van der Waals surface area contributed by atoms with E-state index < -0.39 is 0 Å². The van der Waals surface area contributed by atoms with Crippen molar-refractivity contribution >= 4 is 23.2 Å². The molecular formula is C18H28N4O2S. The van der Waals surface area contributed by atoms with Crippen LogP contribution in [0.25, 0.3) is 0 Å². The molecule has 0 radical (unpaired) electrons. The molecule has 2 aliphatic heterocycles. The fourth-order valence-electron chi connectivity index (χ4n) is 3.70. The van der Waals surface area contributed by atoms with Crippen molar-refractivity contribution in [3.8, 4) is 0 Å². The minimum Gasteiger partial charge on any atom is -0.355 e. The average Bonchev–Trinajstić information content (AvgIpc) is 3.22. The van der Waals surface area contributed by atoms with E-state index in [0.29, 0.717) is 24.5 Å². The Bertz CT molecular complexity index is 625. The lowest BCUT2D eigenvalue weighted by molar-refractivity contribution is -0.124. The summed E-state index contributed by atoms with van der Waals surface area (Å²) in [6.07, 6.45) is 4.61. The zero-order valence-electron chi connectivity index (χ0n) is 15.2. The van der Waals surface area contributed by atoms with Gasteiger partial charge >= 0.3 is 0 Å². The second-order valence-electron chi connectivity index (χ2n) is 7.08. The van der Waals surface area contributed by atoms with Gasteiger partial charge in [0.15, 0.2) is 0 Å². The summed E-state index contributed by atoms with van der Waals surface area (Å²) in [6, 6.07) is 0. The van der Waals surface area contributed by atoms with Crippen LogP contribution in [0.5, 0.6) is 0 Å². The standard InChI is InChI=1S/C18H28N4O2S/c1-13-16(25-14(2)20-13)18(24)22-10-6-15(12-22)17(23)19-7-11-21-8-4-3-5-9-21/h15H,3-12H2,1-2H3,(H,19,23)/t15-/m0/s1. The highest BCUT2D eigenvalue weighted by molar-refractivity contribution is 7.13. The molecule has 1 aromatic heterocycles. The molecule has 25 heavy (non-hydrogen) atoms. The molecule has 0 aliphatic carbocycles. The van der Waals surface area contributed by atoms with Gasteiger partial charge < -0.3 is 15.1 Å². The maximum atomic E-state index is 12.6. The maximum Gasteiger partial charge on any atom is 0.265 e. The molecule has 7 heteroatoms. The van der Waals surface area contributed by atoms with Crippen molar-refractivity contribution in [3.05, 3.63) is 15.6 Å². The first-order chi connectivity index (χ1) is 12.0. The van der Waals surface area contributed by atoms with Crippen LogP contribution in [-0.4, -0.2) is 65.9 Å². The molecular weight excluding hydrogens is 336 g/mol. The Morgan fingerprint density at radius 1 is 1.20 bits per heavy atom. The number of aryl methyl sites for hydroxylation is 2. The van der Waals surface area contributed by atoms with Crippen molar-refractivity contribution in [1.29, 1.82) is 0 Å². The molecule has 0 unspecified atom stereocenters. The Morgan fingerprint density at radius 3 is 2.64 bits per heavy atom. The number of aromatic nitrogens is 1. The van der Waals surface area contributed by atoms with Gasteiger partial charge in [0.25, 0.3) is 5.91 Å². The molecule has 1 aromatic rings. The third-order valence-corrected chi connectivity index (χ3v) is 6.18. The molecule has 3 rings (SSSR count). The molecule has 1 atom stereocenters. The molecule has 1 N–H and O–H groups in total. The summed E-state index contributed by atoms with van der Waals surface area (Å²) in [5.74, 6) is 0.0239.